The maximum atomic E-state index is 13.7. The fourth-order valence-corrected chi connectivity index (χ4v) is 2.30. The Labute approximate surface area is 117 Å². The number of thioether (sulfide) groups is 1. The van der Waals surface area contributed by atoms with Crippen LogP contribution in [0.2, 0.25) is 0 Å². The third kappa shape index (κ3) is 5.20. The Morgan fingerprint density at radius 3 is 2.84 bits per heavy atom. The summed E-state index contributed by atoms with van der Waals surface area (Å²) in [6.07, 6.45) is 0. The summed E-state index contributed by atoms with van der Waals surface area (Å²) in [5.74, 6) is 0.930. The van der Waals surface area contributed by atoms with Gasteiger partial charge >= 0.3 is 5.97 Å². The predicted molar refractivity (Wildman–Crippen MR) is 77.0 cm³/mol. The van der Waals surface area contributed by atoms with E-state index in [2.05, 4.69) is 23.9 Å². The Hall–Kier alpha value is -1.07. The summed E-state index contributed by atoms with van der Waals surface area (Å²) in [5.41, 5.74) is 0.791. The molecule has 0 amide bonds. The normalized spacial score (nSPS) is 12.2. The van der Waals surface area contributed by atoms with E-state index in [1.54, 1.807) is 6.07 Å². The van der Waals surface area contributed by atoms with Crippen molar-refractivity contribution in [2.75, 3.05) is 18.6 Å². The van der Waals surface area contributed by atoms with Crippen LogP contribution < -0.4 is 5.32 Å². The van der Waals surface area contributed by atoms with E-state index in [0.29, 0.717) is 12.6 Å². The van der Waals surface area contributed by atoms with E-state index in [4.69, 9.17) is 0 Å². The molecule has 1 unspecified atom stereocenters. The predicted octanol–water partition coefficient (Wildman–Crippen LogP) is 2.84. The van der Waals surface area contributed by atoms with E-state index in [1.165, 1.54) is 19.2 Å². The van der Waals surface area contributed by atoms with Crippen LogP contribution in [0.1, 0.15) is 29.8 Å². The Morgan fingerprint density at radius 1 is 1.53 bits per heavy atom. The summed E-state index contributed by atoms with van der Waals surface area (Å²) >= 11 is 1.87. The largest absolute Gasteiger partial charge is 0.465 e. The number of halogens is 1. The van der Waals surface area contributed by atoms with Gasteiger partial charge in [-0.2, -0.15) is 11.8 Å². The lowest BCUT2D eigenvalue weighted by Gasteiger charge is -2.13. The van der Waals surface area contributed by atoms with Gasteiger partial charge in [0.1, 0.15) is 5.82 Å². The van der Waals surface area contributed by atoms with Gasteiger partial charge in [-0.3, -0.25) is 0 Å². The zero-order valence-corrected chi connectivity index (χ0v) is 12.3. The number of rotatable bonds is 7. The number of hydrogen-bond donors (Lipinski definition) is 1. The van der Waals surface area contributed by atoms with Crippen LogP contribution in [0.15, 0.2) is 18.2 Å². The highest BCUT2D eigenvalue weighted by atomic mass is 32.2. The molecule has 0 aromatic heterocycles. The van der Waals surface area contributed by atoms with Crippen LogP contribution in [0.25, 0.3) is 0 Å². The molecule has 0 fully saturated rings. The molecule has 0 saturated heterocycles. The van der Waals surface area contributed by atoms with Gasteiger partial charge in [0.05, 0.1) is 12.7 Å². The maximum Gasteiger partial charge on any atom is 0.340 e. The minimum Gasteiger partial charge on any atom is -0.465 e. The highest BCUT2D eigenvalue weighted by Gasteiger charge is 2.12. The highest BCUT2D eigenvalue weighted by molar-refractivity contribution is 7.99. The Morgan fingerprint density at radius 2 is 2.26 bits per heavy atom. The molecule has 1 rings (SSSR count). The smallest absolute Gasteiger partial charge is 0.340 e. The molecule has 1 atom stereocenters. The number of nitrogens with one attached hydrogen (secondary N) is 1. The van der Waals surface area contributed by atoms with Gasteiger partial charge in [0, 0.05) is 18.3 Å². The number of ether oxygens (including phenoxy) is 1. The number of methoxy groups -OCH3 is 1. The van der Waals surface area contributed by atoms with Gasteiger partial charge in [-0.1, -0.05) is 13.0 Å². The molecule has 5 heteroatoms. The molecule has 1 aromatic carbocycles. The fraction of sp³-hybridized carbons (Fsp3) is 0.500. The van der Waals surface area contributed by atoms with Gasteiger partial charge in [0.15, 0.2) is 0 Å². The van der Waals surface area contributed by atoms with Gasteiger partial charge in [-0.05, 0) is 30.4 Å². The lowest BCUT2D eigenvalue weighted by atomic mass is 10.1. The Bertz CT molecular complexity index is 426. The molecule has 1 aromatic rings. The zero-order valence-electron chi connectivity index (χ0n) is 11.5. The summed E-state index contributed by atoms with van der Waals surface area (Å²) in [6, 6.07) is 4.94. The van der Waals surface area contributed by atoms with Crippen molar-refractivity contribution in [2.24, 2.45) is 0 Å². The minimum atomic E-state index is -0.648. The Kier molecular flexibility index (Phi) is 6.87. The lowest BCUT2D eigenvalue weighted by Crippen LogP contribution is -2.27. The van der Waals surface area contributed by atoms with Gasteiger partial charge in [-0.15, -0.1) is 0 Å². The number of hydrogen-bond acceptors (Lipinski definition) is 4. The molecule has 1 N–H and O–H groups in total. The van der Waals surface area contributed by atoms with E-state index in [1.807, 2.05) is 11.8 Å². The third-order valence-corrected chi connectivity index (χ3v) is 3.81. The first-order valence-corrected chi connectivity index (χ1v) is 7.41. The first-order valence-electron chi connectivity index (χ1n) is 6.26. The first kappa shape index (κ1) is 16.0. The number of benzene rings is 1. The summed E-state index contributed by atoms with van der Waals surface area (Å²) in [4.78, 5) is 11.2. The average molecular weight is 285 g/mol. The van der Waals surface area contributed by atoms with Crippen molar-refractivity contribution in [3.05, 3.63) is 35.1 Å². The van der Waals surface area contributed by atoms with E-state index in [0.717, 1.165) is 17.1 Å². The minimum absolute atomic E-state index is 0.0270. The van der Waals surface area contributed by atoms with Gasteiger partial charge in [-0.25, -0.2) is 9.18 Å². The van der Waals surface area contributed by atoms with Crippen LogP contribution >= 0.6 is 11.8 Å². The zero-order chi connectivity index (χ0) is 14.3. The molecule has 0 aliphatic heterocycles. The molecule has 19 heavy (non-hydrogen) atoms. The van der Waals surface area contributed by atoms with E-state index in [-0.39, 0.29) is 5.56 Å². The summed E-state index contributed by atoms with van der Waals surface area (Å²) < 4.78 is 18.2. The topological polar surface area (TPSA) is 38.3 Å². The van der Waals surface area contributed by atoms with Crippen molar-refractivity contribution >= 4 is 17.7 Å². The van der Waals surface area contributed by atoms with Crippen molar-refractivity contribution < 1.29 is 13.9 Å². The van der Waals surface area contributed by atoms with E-state index in [9.17, 15) is 9.18 Å². The summed E-state index contributed by atoms with van der Waals surface area (Å²) in [6.45, 7) is 4.81. The quantitative estimate of drug-likeness (QED) is 0.782. The lowest BCUT2D eigenvalue weighted by molar-refractivity contribution is 0.0595. The van der Waals surface area contributed by atoms with Gasteiger partial charge in [0.2, 0.25) is 0 Å². The first-order chi connectivity index (χ1) is 9.08. The van der Waals surface area contributed by atoms with Crippen LogP contribution in [0, 0.1) is 5.82 Å². The van der Waals surface area contributed by atoms with Crippen LogP contribution in [-0.4, -0.2) is 30.6 Å². The van der Waals surface area contributed by atoms with Crippen molar-refractivity contribution in [1.82, 2.24) is 5.32 Å². The fourth-order valence-electron chi connectivity index (χ4n) is 1.59. The molecular formula is C14H20FNO2S. The van der Waals surface area contributed by atoms with Crippen LogP contribution in [0.5, 0.6) is 0 Å². The van der Waals surface area contributed by atoms with Gasteiger partial charge in [0.25, 0.3) is 0 Å². The molecule has 0 bridgehead atoms. The maximum absolute atomic E-state index is 13.7. The number of carbonyl (C=O) groups excluding carboxylic acids is 1. The monoisotopic (exact) mass is 285 g/mol. The highest BCUT2D eigenvalue weighted by Crippen LogP contribution is 2.12. The van der Waals surface area contributed by atoms with Crippen molar-refractivity contribution in [3.63, 3.8) is 0 Å². The Balaban J connectivity index is 2.56. The van der Waals surface area contributed by atoms with Crippen molar-refractivity contribution in [3.8, 4) is 0 Å². The SMILES string of the molecule is CCSCC(C)NCc1ccc(C(=O)OC)c(F)c1. The van der Waals surface area contributed by atoms with Crippen LogP contribution in [0.3, 0.4) is 0 Å². The standard InChI is InChI=1S/C14H20FNO2S/c1-4-19-9-10(2)16-8-11-5-6-12(13(15)7-11)14(17)18-3/h5-7,10,16H,4,8-9H2,1-3H3. The van der Waals surface area contributed by atoms with E-state index >= 15 is 0 Å². The molecule has 0 aliphatic rings. The molecule has 0 aliphatic carbocycles. The average Bonchev–Trinajstić information content (AvgIpc) is 2.42. The summed E-state index contributed by atoms with van der Waals surface area (Å²) in [5, 5.41) is 3.32. The molecule has 0 spiro atoms. The summed E-state index contributed by atoms with van der Waals surface area (Å²) in [7, 11) is 1.24. The van der Waals surface area contributed by atoms with Crippen molar-refractivity contribution in [2.45, 2.75) is 26.4 Å². The number of carbonyl (C=O) groups is 1. The second-order valence-electron chi connectivity index (χ2n) is 4.25. The molecule has 106 valence electrons. The molecule has 0 radical (unpaired) electrons. The van der Waals surface area contributed by atoms with Crippen molar-refractivity contribution in [1.29, 1.82) is 0 Å². The third-order valence-electron chi connectivity index (χ3n) is 2.67. The molecular weight excluding hydrogens is 265 g/mol. The van der Waals surface area contributed by atoms with Crippen LogP contribution in [-0.2, 0) is 11.3 Å². The second kappa shape index (κ2) is 8.17. The molecule has 0 saturated carbocycles. The molecule has 3 nitrogen and oxygen atoms in total. The number of esters is 1. The van der Waals surface area contributed by atoms with E-state index < -0.39 is 11.8 Å². The van der Waals surface area contributed by atoms with Crippen LogP contribution in [0.4, 0.5) is 4.39 Å². The molecule has 0 heterocycles. The van der Waals surface area contributed by atoms with Gasteiger partial charge < -0.3 is 10.1 Å². The second-order valence-corrected chi connectivity index (χ2v) is 5.57.